The van der Waals surface area contributed by atoms with Gasteiger partial charge in [-0.3, -0.25) is 4.79 Å². The molecule has 7 heteroatoms. The lowest BCUT2D eigenvalue weighted by atomic mass is 10.1. The molecule has 3 rings (SSSR count). The molecule has 0 aliphatic carbocycles. The monoisotopic (exact) mass is 307 g/mol. The maximum atomic E-state index is 12.5. The molecule has 0 radical (unpaired) electrons. The van der Waals surface area contributed by atoms with Crippen LogP contribution >= 0.6 is 0 Å². The van der Waals surface area contributed by atoms with Crippen LogP contribution < -0.4 is 0 Å². The highest BCUT2D eigenvalue weighted by atomic mass is 32.2. The van der Waals surface area contributed by atoms with Crippen molar-refractivity contribution in [2.45, 2.75) is 18.1 Å². The van der Waals surface area contributed by atoms with Crippen molar-refractivity contribution in [1.29, 1.82) is 0 Å². The molecule has 1 N–H and O–H groups in total. The highest BCUT2D eigenvalue weighted by Gasteiger charge is 2.29. The third kappa shape index (κ3) is 2.78. The Morgan fingerprint density at radius 2 is 2.05 bits per heavy atom. The van der Waals surface area contributed by atoms with E-state index in [1.807, 2.05) is 6.07 Å². The fourth-order valence-electron chi connectivity index (χ4n) is 2.74. The van der Waals surface area contributed by atoms with Crippen LogP contribution in [0.1, 0.15) is 23.2 Å². The summed E-state index contributed by atoms with van der Waals surface area (Å²) < 4.78 is 23.1. The number of likely N-dealkylation sites (tertiary alicyclic amines) is 1. The first-order chi connectivity index (χ1) is 9.95. The highest BCUT2D eigenvalue weighted by molar-refractivity contribution is 7.91. The molecule has 1 aliphatic heterocycles. The summed E-state index contributed by atoms with van der Waals surface area (Å²) in [7, 11) is -3.01. The Morgan fingerprint density at radius 1 is 1.33 bits per heavy atom. The maximum absolute atomic E-state index is 12.5. The molecule has 0 saturated carbocycles. The first kappa shape index (κ1) is 14.1. The number of hydrogen-bond donors (Lipinski definition) is 1. The summed E-state index contributed by atoms with van der Waals surface area (Å²) in [6.07, 6.45) is 3.88. The van der Waals surface area contributed by atoms with Crippen molar-refractivity contribution < 1.29 is 13.2 Å². The number of carbonyl (C=O) groups is 1. The summed E-state index contributed by atoms with van der Waals surface area (Å²) in [5, 5.41) is -0.323. The van der Waals surface area contributed by atoms with Gasteiger partial charge in [-0.25, -0.2) is 13.4 Å². The number of aromatic nitrogens is 2. The van der Waals surface area contributed by atoms with Crippen molar-refractivity contribution in [2.24, 2.45) is 0 Å². The van der Waals surface area contributed by atoms with E-state index in [2.05, 4.69) is 9.97 Å². The van der Waals surface area contributed by atoms with E-state index in [0.29, 0.717) is 31.5 Å². The van der Waals surface area contributed by atoms with Gasteiger partial charge in [0.25, 0.3) is 5.91 Å². The minimum absolute atomic E-state index is 0.0570. The molecule has 0 spiro atoms. The van der Waals surface area contributed by atoms with Gasteiger partial charge < -0.3 is 9.88 Å². The van der Waals surface area contributed by atoms with Gasteiger partial charge in [0, 0.05) is 24.9 Å². The summed E-state index contributed by atoms with van der Waals surface area (Å²) >= 11 is 0. The molecule has 1 aromatic carbocycles. The van der Waals surface area contributed by atoms with Gasteiger partial charge in [0.2, 0.25) is 0 Å². The Balaban J connectivity index is 1.74. The van der Waals surface area contributed by atoms with Gasteiger partial charge in [-0.15, -0.1) is 0 Å². The van der Waals surface area contributed by atoms with Crippen LogP contribution in [-0.4, -0.2) is 53.8 Å². The topological polar surface area (TPSA) is 83.1 Å². The van der Waals surface area contributed by atoms with E-state index in [4.69, 9.17) is 0 Å². The number of H-pyrrole nitrogens is 1. The molecule has 6 nitrogen and oxygen atoms in total. The van der Waals surface area contributed by atoms with E-state index in [-0.39, 0.29) is 11.2 Å². The van der Waals surface area contributed by atoms with Crippen LogP contribution in [0.15, 0.2) is 24.5 Å². The highest BCUT2D eigenvalue weighted by Crippen LogP contribution is 2.20. The zero-order valence-electron chi connectivity index (χ0n) is 11.7. The van der Waals surface area contributed by atoms with E-state index in [0.717, 1.165) is 11.0 Å². The Labute approximate surface area is 123 Å². The molecule has 2 heterocycles. The van der Waals surface area contributed by atoms with Crippen molar-refractivity contribution >= 4 is 26.8 Å². The predicted octanol–water partition coefficient (Wildman–Crippen LogP) is 1.21. The van der Waals surface area contributed by atoms with E-state index in [1.165, 1.54) is 6.26 Å². The number of benzene rings is 1. The standard InChI is InChI=1S/C14H17N3O3S/c1-21(19,20)11-4-6-17(7-5-11)14(18)10-2-3-12-13(8-10)16-9-15-12/h2-3,8-9,11H,4-7H2,1H3,(H,15,16). The Kier molecular flexibility index (Phi) is 3.44. The molecular formula is C14H17N3O3S. The molecule has 2 aromatic rings. The number of rotatable bonds is 2. The number of sulfone groups is 1. The van der Waals surface area contributed by atoms with Crippen LogP contribution in [0.4, 0.5) is 0 Å². The molecular weight excluding hydrogens is 290 g/mol. The lowest BCUT2D eigenvalue weighted by molar-refractivity contribution is 0.0726. The minimum Gasteiger partial charge on any atom is -0.345 e. The van der Waals surface area contributed by atoms with E-state index < -0.39 is 9.84 Å². The third-order valence-corrected chi connectivity index (χ3v) is 5.68. The number of nitrogens with zero attached hydrogens (tertiary/aromatic N) is 2. The Bertz CT molecular complexity index is 774. The van der Waals surface area contributed by atoms with Gasteiger partial charge in [0.15, 0.2) is 0 Å². The number of hydrogen-bond acceptors (Lipinski definition) is 4. The molecule has 112 valence electrons. The molecule has 1 aliphatic rings. The SMILES string of the molecule is CS(=O)(=O)C1CCN(C(=O)c2ccc3nc[nH]c3c2)CC1. The molecule has 0 atom stereocenters. The van der Waals surface area contributed by atoms with Crippen molar-refractivity contribution in [3.05, 3.63) is 30.1 Å². The van der Waals surface area contributed by atoms with Crippen molar-refractivity contribution in [2.75, 3.05) is 19.3 Å². The fraction of sp³-hybridized carbons (Fsp3) is 0.429. The van der Waals surface area contributed by atoms with Gasteiger partial charge >= 0.3 is 0 Å². The van der Waals surface area contributed by atoms with Gasteiger partial charge in [-0.2, -0.15) is 0 Å². The zero-order chi connectivity index (χ0) is 15.0. The summed E-state index contributed by atoms with van der Waals surface area (Å²) in [5.74, 6) is -0.0570. The zero-order valence-corrected chi connectivity index (χ0v) is 12.6. The van der Waals surface area contributed by atoms with Crippen molar-refractivity contribution in [1.82, 2.24) is 14.9 Å². The minimum atomic E-state index is -3.01. The van der Waals surface area contributed by atoms with Crippen LogP contribution in [0.2, 0.25) is 0 Å². The van der Waals surface area contributed by atoms with Crippen LogP contribution in [-0.2, 0) is 9.84 Å². The Hall–Kier alpha value is -1.89. The lowest BCUT2D eigenvalue weighted by Crippen LogP contribution is -2.42. The molecule has 0 unspecified atom stereocenters. The van der Waals surface area contributed by atoms with E-state index >= 15 is 0 Å². The van der Waals surface area contributed by atoms with Crippen LogP contribution in [0.25, 0.3) is 11.0 Å². The van der Waals surface area contributed by atoms with Gasteiger partial charge in [0.1, 0.15) is 9.84 Å². The smallest absolute Gasteiger partial charge is 0.253 e. The molecule has 1 fully saturated rings. The van der Waals surface area contributed by atoms with Gasteiger partial charge in [-0.05, 0) is 31.0 Å². The fourth-order valence-corrected chi connectivity index (χ4v) is 3.81. The average molecular weight is 307 g/mol. The summed E-state index contributed by atoms with van der Waals surface area (Å²) in [4.78, 5) is 21.3. The Morgan fingerprint density at radius 3 is 2.71 bits per heavy atom. The van der Waals surface area contributed by atoms with Crippen molar-refractivity contribution in [3.63, 3.8) is 0 Å². The number of amides is 1. The number of imidazole rings is 1. The second-order valence-corrected chi connectivity index (χ2v) is 7.78. The summed E-state index contributed by atoms with van der Waals surface area (Å²) in [5.41, 5.74) is 2.25. The molecule has 21 heavy (non-hydrogen) atoms. The second-order valence-electron chi connectivity index (χ2n) is 5.46. The first-order valence-corrected chi connectivity index (χ1v) is 8.82. The number of aromatic amines is 1. The molecule has 1 saturated heterocycles. The number of fused-ring (bicyclic) bond motifs is 1. The molecule has 1 amide bonds. The lowest BCUT2D eigenvalue weighted by Gasteiger charge is -2.31. The second kappa shape index (κ2) is 5.14. The number of carbonyl (C=O) groups excluding carboxylic acids is 1. The number of nitrogens with one attached hydrogen (secondary N) is 1. The van der Waals surface area contributed by atoms with E-state index in [9.17, 15) is 13.2 Å². The first-order valence-electron chi connectivity index (χ1n) is 6.86. The summed E-state index contributed by atoms with van der Waals surface area (Å²) in [6, 6.07) is 5.35. The van der Waals surface area contributed by atoms with Gasteiger partial charge in [-0.1, -0.05) is 0 Å². The third-order valence-electron chi connectivity index (χ3n) is 4.00. The van der Waals surface area contributed by atoms with Crippen LogP contribution in [0.3, 0.4) is 0 Å². The molecule has 1 aromatic heterocycles. The molecule has 0 bridgehead atoms. The normalized spacial score (nSPS) is 17.3. The van der Waals surface area contributed by atoms with Crippen molar-refractivity contribution in [3.8, 4) is 0 Å². The average Bonchev–Trinajstić information content (AvgIpc) is 2.93. The van der Waals surface area contributed by atoms with E-state index in [1.54, 1.807) is 23.4 Å². The predicted molar refractivity (Wildman–Crippen MR) is 79.9 cm³/mol. The maximum Gasteiger partial charge on any atom is 0.253 e. The quantitative estimate of drug-likeness (QED) is 0.904. The summed E-state index contributed by atoms with van der Waals surface area (Å²) in [6.45, 7) is 0.967. The largest absolute Gasteiger partial charge is 0.345 e. The van der Waals surface area contributed by atoms with Gasteiger partial charge in [0.05, 0.1) is 22.6 Å². The number of piperidine rings is 1. The van der Waals surface area contributed by atoms with Crippen LogP contribution in [0.5, 0.6) is 0 Å². The van der Waals surface area contributed by atoms with Crippen LogP contribution in [0, 0.1) is 0 Å².